The smallest absolute Gasteiger partial charge is 0.306 e. The molecule has 2 rings (SSSR count). The fourth-order valence-electron chi connectivity index (χ4n) is 1.84. The molecule has 2 amide bonds. The third-order valence-corrected chi connectivity index (χ3v) is 4.58. The van der Waals surface area contributed by atoms with Gasteiger partial charge in [-0.15, -0.1) is 0 Å². The number of urea groups is 1. The van der Waals surface area contributed by atoms with Gasteiger partial charge in [0, 0.05) is 6.04 Å². The summed E-state index contributed by atoms with van der Waals surface area (Å²) in [5, 5.41) is 2.58. The second-order valence-electron chi connectivity index (χ2n) is 4.32. The van der Waals surface area contributed by atoms with E-state index in [1.165, 1.54) is 0 Å². The van der Waals surface area contributed by atoms with Crippen molar-refractivity contribution in [2.24, 2.45) is 0 Å². The van der Waals surface area contributed by atoms with Gasteiger partial charge >= 0.3 is 6.03 Å². The van der Waals surface area contributed by atoms with Gasteiger partial charge in [-0.1, -0.05) is 6.07 Å². The molecule has 1 aromatic carbocycles. The molecule has 0 radical (unpaired) electrons. The summed E-state index contributed by atoms with van der Waals surface area (Å²) in [6.07, 6.45) is 0. The summed E-state index contributed by atoms with van der Waals surface area (Å²) in [5.74, 6) is 0. The number of carbonyl (C=O) groups is 1. The molecule has 0 saturated carbocycles. The van der Waals surface area contributed by atoms with Gasteiger partial charge in [-0.05, 0) is 38.5 Å². The standard InChI is InChI=1S/C11H14N2O3S/c1-7(2)13-11(14)12-9-5-4-8(3)6-10(9)17(13,15)16/h4-7H,1-3H3,(H,12,14). The number of hydrogen-bond donors (Lipinski definition) is 1. The lowest BCUT2D eigenvalue weighted by Crippen LogP contribution is -2.47. The molecule has 1 aliphatic heterocycles. The quantitative estimate of drug-likeness (QED) is 0.832. The normalized spacial score (nSPS) is 17.9. The van der Waals surface area contributed by atoms with E-state index in [0.717, 1.165) is 9.87 Å². The van der Waals surface area contributed by atoms with E-state index in [1.54, 1.807) is 32.0 Å². The molecule has 92 valence electrons. The lowest BCUT2D eigenvalue weighted by atomic mass is 10.2. The molecule has 17 heavy (non-hydrogen) atoms. The predicted molar refractivity (Wildman–Crippen MR) is 64.4 cm³/mol. The van der Waals surface area contributed by atoms with Crippen LogP contribution in [0.2, 0.25) is 0 Å². The first-order valence-electron chi connectivity index (χ1n) is 5.30. The van der Waals surface area contributed by atoms with E-state index in [-0.39, 0.29) is 4.90 Å². The number of nitrogens with zero attached hydrogens (tertiary/aromatic N) is 1. The van der Waals surface area contributed by atoms with E-state index in [4.69, 9.17) is 0 Å². The average molecular weight is 254 g/mol. The SMILES string of the molecule is Cc1ccc2c(c1)S(=O)(=O)N(C(C)C)C(=O)N2. The number of rotatable bonds is 1. The number of amides is 2. The minimum Gasteiger partial charge on any atom is -0.306 e. The summed E-state index contributed by atoms with van der Waals surface area (Å²) in [5.41, 5.74) is 1.18. The number of sulfonamides is 1. The first-order valence-corrected chi connectivity index (χ1v) is 6.74. The van der Waals surface area contributed by atoms with Crippen LogP contribution in [0.3, 0.4) is 0 Å². The van der Waals surface area contributed by atoms with Gasteiger partial charge in [-0.3, -0.25) is 0 Å². The highest BCUT2D eigenvalue weighted by Gasteiger charge is 2.38. The summed E-state index contributed by atoms with van der Waals surface area (Å²) in [7, 11) is -3.73. The van der Waals surface area contributed by atoms with E-state index < -0.39 is 22.1 Å². The maximum Gasteiger partial charge on any atom is 0.336 e. The van der Waals surface area contributed by atoms with Gasteiger partial charge in [0.15, 0.2) is 0 Å². The van der Waals surface area contributed by atoms with Gasteiger partial charge in [0.1, 0.15) is 4.90 Å². The highest BCUT2D eigenvalue weighted by atomic mass is 32.2. The van der Waals surface area contributed by atoms with Crippen LogP contribution in [-0.2, 0) is 10.0 Å². The molecule has 0 aliphatic carbocycles. The van der Waals surface area contributed by atoms with Gasteiger partial charge in [0.2, 0.25) is 0 Å². The Morgan fingerprint density at radius 3 is 2.53 bits per heavy atom. The summed E-state index contributed by atoms with van der Waals surface area (Å²) < 4.78 is 25.4. The topological polar surface area (TPSA) is 66.5 Å². The largest absolute Gasteiger partial charge is 0.336 e. The van der Waals surface area contributed by atoms with Crippen LogP contribution in [0.1, 0.15) is 19.4 Å². The van der Waals surface area contributed by atoms with Crippen molar-refractivity contribution in [3.63, 3.8) is 0 Å². The van der Waals surface area contributed by atoms with Crippen LogP contribution in [0, 0.1) is 6.92 Å². The predicted octanol–water partition coefficient (Wildman–Crippen LogP) is 1.94. The average Bonchev–Trinajstić information content (AvgIpc) is 2.18. The van der Waals surface area contributed by atoms with E-state index >= 15 is 0 Å². The maximum absolute atomic E-state index is 12.3. The van der Waals surface area contributed by atoms with Crippen molar-refractivity contribution < 1.29 is 13.2 Å². The van der Waals surface area contributed by atoms with Gasteiger partial charge < -0.3 is 5.32 Å². The minimum absolute atomic E-state index is 0.158. The third-order valence-electron chi connectivity index (χ3n) is 2.58. The van der Waals surface area contributed by atoms with Gasteiger partial charge in [0.05, 0.1) is 5.69 Å². The first kappa shape index (κ1) is 11.9. The minimum atomic E-state index is -3.73. The summed E-state index contributed by atoms with van der Waals surface area (Å²) in [6.45, 7) is 5.14. The highest BCUT2D eigenvalue weighted by molar-refractivity contribution is 7.90. The van der Waals surface area contributed by atoms with Gasteiger partial charge in [0.25, 0.3) is 10.0 Å². The molecule has 1 N–H and O–H groups in total. The zero-order chi connectivity index (χ0) is 12.8. The summed E-state index contributed by atoms with van der Waals surface area (Å²) in [4.78, 5) is 11.9. The fraction of sp³-hybridized carbons (Fsp3) is 0.364. The number of aryl methyl sites for hydroxylation is 1. The van der Waals surface area contributed by atoms with Crippen molar-refractivity contribution in [2.45, 2.75) is 31.7 Å². The second kappa shape index (κ2) is 3.73. The number of fused-ring (bicyclic) bond motifs is 1. The van der Waals surface area contributed by atoms with Crippen molar-refractivity contribution in [1.82, 2.24) is 4.31 Å². The molecule has 0 atom stereocenters. The zero-order valence-electron chi connectivity index (χ0n) is 9.89. The van der Waals surface area contributed by atoms with Crippen molar-refractivity contribution in [3.8, 4) is 0 Å². The third kappa shape index (κ3) is 1.78. The van der Waals surface area contributed by atoms with Crippen LogP contribution in [0.5, 0.6) is 0 Å². The van der Waals surface area contributed by atoms with Gasteiger partial charge in [-0.25, -0.2) is 17.5 Å². The number of hydrogen-bond acceptors (Lipinski definition) is 3. The van der Waals surface area contributed by atoms with Crippen LogP contribution >= 0.6 is 0 Å². The van der Waals surface area contributed by atoms with E-state index in [1.807, 2.05) is 6.92 Å². The van der Waals surface area contributed by atoms with E-state index in [2.05, 4.69) is 5.32 Å². The summed E-state index contributed by atoms with van der Waals surface area (Å²) >= 11 is 0. The van der Waals surface area contributed by atoms with Crippen LogP contribution in [0.15, 0.2) is 23.1 Å². The van der Waals surface area contributed by atoms with E-state index in [0.29, 0.717) is 5.69 Å². The molecule has 0 fully saturated rings. The van der Waals surface area contributed by atoms with Crippen molar-refractivity contribution in [1.29, 1.82) is 0 Å². The van der Waals surface area contributed by atoms with Crippen molar-refractivity contribution >= 4 is 21.7 Å². The number of carbonyl (C=O) groups excluding carboxylic acids is 1. The second-order valence-corrected chi connectivity index (χ2v) is 6.11. The molecule has 5 nitrogen and oxygen atoms in total. The van der Waals surface area contributed by atoms with Crippen LogP contribution in [0.4, 0.5) is 10.5 Å². The molecular formula is C11H14N2O3S. The number of benzene rings is 1. The van der Waals surface area contributed by atoms with Crippen molar-refractivity contribution in [3.05, 3.63) is 23.8 Å². The fourth-order valence-corrected chi connectivity index (χ4v) is 3.61. The Bertz CT molecular complexity index is 578. The molecule has 0 aromatic heterocycles. The Kier molecular flexibility index (Phi) is 2.61. The van der Waals surface area contributed by atoms with Crippen LogP contribution in [0.25, 0.3) is 0 Å². The molecular weight excluding hydrogens is 240 g/mol. The maximum atomic E-state index is 12.3. The molecule has 1 heterocycles. The lowest BCUT2D eigenvalue weighted by molar-refractivity contribution is 0.228. The Balaban J connectivity index is 2.68. The Hall–Kier alpha value is -1.56. The molecule has 1 aliphatic rings. The Labute approximate surface area is 100 Å². The molecule has 0 saturated heterocycles. The number of nitrogens with one attached hydrogen (secondary N) is 1. The van der Waals surface area contributed by atoms with Crippen molar-refractivity contribution in [2.75, 3.05) is 5.32 Å². The van der Waals surface area contributed by atoms with Crippen LogP contribution < -0.4 is 5.32 Å². The number of anilines is 1. The highest BCUT2D eigenvalue weighted by Crippen LogP contribution is 2.31. The lowest BCUT2D eigenvalue weighted by Gasteiger charge is -2.31. The molecule has 1 aromatic rings. The van der Waals surface area contributed by atoms with Gasteiger partial charge in [-0.2, -0.15) is 0 Å². The molecule has 0 unspecified atom stereocenters. The summed E-state index contributed by atoms with van der Waals surface area (Å²) in [6, 6.07) is 3.93. The molecule has 0 bridgehead atoms. The first-order chi connectivity index (χ1) is 7.84. The Morgan fingerprint density at radius 2 is 1.94 bits per heavy atom. The van der Waals surface area contributed by atoms with E-state index in [9.17, 15) is 13.2 Å². The molecule has 0 spiro atoms. The molecule has 6 heteroatoms. The zero-order valence-corrected chi connectivity index (χ0v) is 10.7. The van der Waals surface area contributed by atoms with Crippen LogP contribution in [-0.4, -0.2) is 24.8 Å². The Morgan fingerprint density at radius 1 is 1.29 bits per heavy atom. The monoisotopic (exact) mass is 254 g/mol.